The summed E-state index contributed by atoms with van der Waals surface area (Å²) in [5.41, 5.74) is 15.1. The predicted molar refractivity (Wildman–Crippen MR) is 41.7 cm³/mol. The van der Waals surface area contributed by atoms with Crippen LogP contribution >= 0.6 is 0 Å². The topological polar surface area (TPSA) is 107 Å². The number of nitrogens with two attached hydrogens (primary N) is 3. The lowest BCUT2D eigenvalue weighted by Crippen LogP contribution is -2.51. The maximum Gasteiger partial charge on any atom is 0.246 e. The molecule has 0 bridgehead atoms. The highest BCUT2D eigenvalue weighted by Gasteiger charge is 2.19. The zero-order chi connectivity index (χ0) is 8.48. The number of amides is 1. The van der Waals surface area contributed by atoms with Gasteiger partial charge in [-0.05, 0) is 6.08 Å². The summed E-state index contributed by atoms with van der Waals surface area (Å²) in [6.07, 6.45) is 2.81. The Morgan fingerprint density at radius 1 is 1.64 bits per heavy atom. The molecule has 0 aliphatic carbocycles. The van der Waals surface area contributed by atoms with Crippen LogP contribution < -0.4 is 17.2 Å². The maximum absolute atomic E-state index is 10.6. The van der Waals surface area contributed by atoms with Gasteiger partial charge in [0.15, 0.2) is 0 Å². The molecule has 0 aromatic heterocycles. The first kappa shape index (κ1) is 7.90. The number of primary amides is 1. The highest BCUT2D eigenvalue weighted by molar-refractivity contribution is 5.95. The molecule has 1 aliphatic rings. The van der Waals surface area contributed by atoms with Crippen LogP contribution in [0.25, 0.3) is 0 Å². The summed E-state index contributed by atoms with van der Waals surface area (Å²) in [6, 6.07) is 0. The molecular formula is C6H10N4O. The fraction of sp³-hybridized carbons (Fsp3) is 0.333. The average molecular weight is 154 g/mol. The number of hydrogen-bond acceptors (Lipinski definition) is 4. The van der Waals surface area contributed by atoms with E-state index in [9.17, 15) is 4.79 Å². The van der Waals surface area contributed by atoms with E-state index in [-0.39, 0.29) is 6.54 Å². The molecule has 0 saturated heterocycles. The van der Waals surface area contributed by atoms with Crippen LogP contribution in [-0.2, 0) is 4.79 Å². The van der Waals surface area contributed by atoms with Gasteiger partial charge in [-0.3, -0.25) is 9.79 Å². The van der Waals surface area contributed by atoms with Crippen molar-refractivity contribution in [1.82, 2.24) is 0 Å². The van der Waals surface area contributed by atoms with E-state index in [0.29, 0.717) is 5.57 Å². The minimum Gasteiger partial charge on any atom is -0.366 e. The minimum atomic E-state index is -1.12. The molecule has 60 valence electrons. The van der Waals surface area contributed by atoms with Crippen molar-refractivity contribution in [3.63, 3.8) is 0 Å². The van der Waals surface area contributed by atoms with Crippen LogP contribution in [0, 0.1) is 0 Å². The molecule has 11 heavy (non-hydrogen) atoms. The molecule has 0 unspecified atom stereocenters. The molecule has 0 saturated carbocycles. The number of hydrogen-bond donors (Lipinski definition) is 3. The van der Waals surface area contributed by atoms with Crippen molar-refractivity contribution in [3.05, 3.63) is 11.6 Å². The lowest BCUT2D eigenvalue weighted by atomic mass is 10.1. The summed E-state index contributed by atoms with van der Waals surface area (Å²) in [5.74, 6) is -0.526. The molecular weight excluding hydrogens is 144 g/mol. The lowest BCUT2D eigenvalue weighted by molar-refractivity contribution is -0.114. The third-order valence-corrected chi connectivity index (χ3v) is 1.32. The molecule has 1 heterocycles. The quantitative estimate of drug-likeness (QED) is 0.384. The van der Waals surface area contributed by atoms with Gasteiger partial charge < -0.3 is 17.2 Å². The molecule has 0 fully saturated rings. The molecule has 5 nitrogen and oxygen atoms in total. The Hall–Kier alpha value is -1.20. The van der Waals surface area contributed by atoms with Crippen molar-refractivity contribution in [3.8, 4) is 0 Å². The van der Waals surface area contributed by atoms with Gasteiger partial charge in [0.2, 0.25) is 5.91 Å². The van der Waals surface area contributed by atoms with Crippen LogP contribution in [0.2, 0.25) is 0 Å². The van der Waals surface area contributed by atoms with Gasteiger partial charge in [0.1, 0.15) is 5.66 Å². The molecule has 6 N–H and O–H groups in total. The van der Waals surface area contributed by atoms with E-state index in [1.165, 1.54) is 12.3 Å². The highest BCUT2D eigenvalue weighted by atomic mass is 16.1. The van der Waals surface area contributed by atoms with Gasteiger partial charge in [0, 0.05) is 11.8 Å². The highest BCUT2D eigenvalue weighted by Crippen LogP contribution is 2.04. The second-order valence-corrected chi connectivity index (χ2v) is 2.50. The molecule has 0 atom stereocenters. The molecule has 1 amide bonds. The standard InChI is InChI=1S/C6H10N4O/c7-5(11)4-1-6(8,9)3-10-2-4/h1,3H,2,8-9H2,(H2,7,11). The smallest absolute Gasteiger partial charge is 0.246 e. The molecule has 0 aromatic carbocycles. The monoisotopic (exact) mass is 154 g/mol. The van der Waals surface area contributed by atoms with Crippen molar-refractivity contribution in [2.45, 2.75) is 5.66 Å². The molecule has 0 spiro atoms. The van der Waals surface area contributed by atoms with Gasteiger partial charge in [0.25, 0.3) is 0 Å². The number of dihydropyridines is 1. The van der Waals surface area contributed by atoms with Crippen LogP contribution in [0.15, 0.2) is 16.6 Å². The summed E-state index contributed by atoms with van der Waals surface area (Å²) >= 11 is 0. The van der Waals surface area contributed by atoms with Crippen LogP contribution in [0.3, 0.4) is 0 Å². The van der Waals surface area contributed by atoms with Gasteiger partial charge >= 0.3 is 0 Å². The van der Waals surface area contributed by atoms with Crippen molar-refractivity contribution in [2.24, 2.45) is 22.2 Å². The number of carbonyl (C=O) groups is 1. The van der Waals surface area contributed by atoms with Gasteiger partial charge in [-0.25, -0.2) is 0 Å². The van der Waals surface area contributed by atoms with Gasteiger partial charge in [0.05, 0.1) is 6.54 Å². The van der Waals surface area contributed by atoms with Crippen molar-refractivity contribution in [1.29, 1.82) is 0 Å². The third-order valence-electron chi connectivity index (χ3n) is 1.32. The first-order valence-corrected chi connectivity index (χ1v) is 3.11. The largest absolute Gasteiger partial charge is 0.366 e. The normalized spacial score (nSPS) is 21.1. The Labute approximate surface area is 63.9 Å². The van der Waals surface area contributed by atoms with E-state index in [2.05, 4.69) is 4.99 Å². The van der Waals surface area contributed by atoms with Crippen molar-refractivity contribution < 1.29 is 4.79 Å². The first-order chi connectivity index (χ1) is 5.01. The second kappa shape index (κ2) is 2.44. The number of aliphatic imine (C=N–C) groups is 1. The average Bonchev–Trinajstić information content (AvgIpc) is 1.85. The lowest BCUT2D eigenvalue weighted by Gasteiger charge is -2.19. The Balaban J connectivity index is 2.86. The van der Waals surface area contributed by atoms with Crippen LogP contribution in [0.4, 0.5) is 0 Å². The third kappa shape index (κ3) is 1.86. The van der Waals surface area contributed by atoms with Gasteiger partial charge in [-0.1, -0.05) is 0 Å². The number of nitrogens with zero attached hydrogens (tertiary/aromatic N) is 1. The van der Waals surface area contributed by atoms with Gasteiger partial charge in [-0.2, -0.15) is 0 Å². The van der Waals surface area contributed by atoms with E-state index < -0.39 is 11.6 Å². The predicted octanol–water partition coefficient (Wildman–Crippen LogP) is -1.90. The first-order valence-electron chi connectivity index (χ1n) is 3.11. The van der Waals surface area contributed by atoms with E-state index in [0.717, 1.165) is 0 Å². The van der Waals surface area contributed by atoms with Crippen LogP contribution in [-0.4, -0.2) is 24.3 Å². The number of carbonyl (C=O) groups excluding carboxylic acids is 1. The summed E-state index contributed by atoms with van der Waals surface area (Å²) in [5, 5.41) is 0. The van der Waals surface area contributed by atoms with Gasteiger partial charge in [-0.15, -0.1) is 0 Å². The summed E-state index contributed by atoms with van der Waals surface area (Å²) in [6.45, 7) is 0.269. The number of rotatable bonds is 1. The zero-order valence-electron chi connectivity index (χ0n) is 5.95. The summed E-state index contributed by atoms with van der Waals surface area (Å²) < 4.78 is 0. The van der Waals surface area contributed by atoms with E-state index in [1.807, 2.05) is 0 Å². The molecule has 0 aromatic rings. The summed E-state index contributed by atoms with van der Waals surface area (Å²) in [4.78, 5) is 14.4. The molecule has 0 radical (unpaired) electrons. The maximum atomic E-state index is 10.6. The molecule has 5 heteroatoms. The van der Waals surface area contributed by atoms with E-state index >= 15 is 0 Å². The molecule has 1 rings (SSSR count). The SMILES string of the molecule is NC(=O)C1=CC(N)(N)C=NC1. The fourth-order valence-electron chi connectivity index (χ4n) is 0.836. The fourth-order valence-corrected chi connectivity index (χ4v) is 0.836. The van der Waals surface area contributed by atoms with Crippen molar-refractivity contribution in [2.75, 3.05) is 6.54 Å². The minimum absolute atomic E-state index is 0.269. The zero-order valence-corrected chi connectivity index (χ0v) is 5.95. The van der Waals surface area contributed by atoms with Crippen molar-refractivity contribution >= 4 is 12.1 Å². The van der Waals surface area contributed by atoms with E-state index in [4.69, 9.17) is 17.2 Å². The molecule has 1 aliphatic heterocycles. The Morgan fingerprint density at radius 3 is 2.64 bits per heavy atom. The van der Waals surface area contributed by atoms with Crippen LogP contribution in [0.5, 0.6) is 0 Å². The Kier molecular flexibility index (Phi) is 1.76. The summed E-state index contributed by atoms with van der Waals surface area (Å²) in [7, 11) is 0. The Morgan fingerprint density at radius 2 is 2.27 bits per heavy atom. The Bertz CT molecular complexity index is 241. The van der Waals surface area contributed by atoms with Crippen LogP contribution in [0.1, 0.15) is 0 Å². The van der Waals surface area contributed by atoms with E-state index in [1.54, 1.807) is 0 Å². The second-order valence-electron chi connectivity index (χ2n) is 2.50.